The molecule has 4 aromatic carbocycles. The molecule has 1 atom stereocenters. The topological polar surface area (TPSA) is 9.23 Å². The second kappa shape index (κ2) is 10.8. The number of aryl methyl sites for hydroxylation is 1. The van der Waals surface area contributed by atoms with Crippen molar-refractivity contribution in [3.63, 3.8) is 0 Å². The van der Waals surface area contributed by atoms with Crippen LogP contribution in [0.25, 0.3) is 0 Å². The minimum absolute atomic E-state index is 0.0151. The highest BCUT2D eigenvalue weighted by Gasteiger charge is 2.51. The van der Waals surface area contributed by atoms with E-state index < -0.39 is 8.32 Å². The molecule has 0 aromatic heterocycles. The monoisotopic (exact) mass is 508 g/mol. The van der Waals surface area contributed by atoms with Gasteiger partial charge in [0.25, 0.3) is 8.32 Å². The van der Waals surface area contributed by atoms with Crippen LogP contribution in [0.3, 0.4) is 0 Å². The van der Waals surface area contributed by atoms with Crippen LogP contribution in [0.15, 0.2) is 114 Å². The number of hydrogen-bond acceptors (Lipinski definition) is 2. The van der Waals surface area contributed by atoms with E-state index in [4.69, 9.17) is 4.43 Å². The Kier molecular flexibility index (Phi) is 7.52. The lowest BCUT2D eigenvalue weighted by Crippen LogP contribution is -2.67. The molecule has 0 radical (unpaired) electrons. The average Bonchev–Trinajstić information content (AvgIpc) is 2.91. The summed E-state index contributed by atoms with van der Waals surface area (Å²) in [7, 11) is -2.58. The first-order chi connectivity index (χ1) is 17.5. The first kappa shape index (κ1) is 25.1. The molecule has 0 amide bonds. The van der Waals surface area contributed by atoms with Gasteiger partial charge in [-0.25, -0.2) is 0 Å². The quantitative estimate of drug-likeness (QED) is 0.185. The van der Waals surface area contributed by atoms with Crippen LogP contribution in [0.5, 0.6) is 0 Å². The number of benzene rings is 4. The summed E-state index contributed by atoms with van der Waals surface area (Å²) in [6, 6.07) is 39.9. The van der Waals surface area contributed by atoms with Gasteiger partial charge in [-0.2, -0.15) is 0 Å². The third-order valence-electron chi connectivity index (χ3n) is 7.36. The maximum atomic E-state index is 7.54. The number of rotatable bonds is 7. The van der Waals surface area contributed by atoms with Crippen LogP contribution in [0.1, 0.15) is 56.4 Å². The van der Waals surface area contributed by atoms with Gasteiger partial charge in [0.05, 0.1) is 6.10 Å². The largest absolute Gasteiger partial charge is 0.400 e. The molecule has 0 N–H and O–H groups in total. The van der Waals surface area contributed by atoms with Crippen LogP contribution in [-0.4, -0.2) is 8.32 Å². The highest BCUT2D eigenvalue weighted by Crippen LogP contribution is 2.43. The predicted molar refractivity (Wildman–Crippen MR) is 157 cm³/mol. The normalized spacial score (nSPS) is 15.9. The smallest absolute Gasteiger partial charge is 0.261 e. The molecule has 0 spiro atoms. The molecule has 4 aromatic rings. The van der Waals surface area contributed by atoms with Gasteiger partial charge < -0.3 is 4.43 Å². The molecule has 0 fully saturated rings. The van der Waals surface area contributed by atoms with E-state index >= 15 is 0 Å². The first-order valence-corrected chi connectivity index (χ1v) is 16.0. The summed E-state index contributed by atoms with van der Waals surface area (Å²) in [5, 5.41) is 2.69. The molecule has 1 nitrogen and oxygen atoms in total. The minimum atomic E-state index is -2.58. The fraction of sp³-hybridized carbons (Fsp3) is 0.273. The molecule has 0 heterocycles. The molecular formula is C33H36OSSi. The van der Waals surface area contributed by atoms with Crippen LogP contribution in [0, 0.1) is 0 Å². The molecule has 0 saturated carbocycles. The van der Waals surface area contributed by atoms with E-state index in [1.165, 1.54) is 38.4 Å². The zero-order valence-corrected chi connectivity index (χ0v) is 23.4. The second-order valence-electron chi connectivity index (χ2n) is 10.8. The van der Waals surface area contributed by atoms with Crippen molar-refractivity contribution >= 4 is 30.5 Å². The Morgan fingerprint density at radius 3 is 1.94 bits per heavy atom. The van der Waals surface area contributed by atoms with Crippen LogP contribution < -0.4 is 10.4 Å². The Hall–Kier alpha value is -2.59. The van der Waals surface area contributed by atoms with Gasteiger partial charge in [-0.05, 0) is 63.5 Å². The van der Waals surface area contributed by atoms with E-state index in [0.717, 1.165) is 18.6 Å². The molecule has 0 aliphatic heterocycles. The molecule has 0 saturated heterocycles. The average molecular weight is 509 g/mol. The van der Waals surface area contributed by atoms with E-state index in [1.54, 1.807) is 0 Å². The summed E-state index contributed by atoms with van der Waals surface area (Å²) in [6.45, 7) is 7.10. The lowest BCUT2D eigenvalue weighted by molar-refractivity contribution is 0.169. The summed E-state index contributed by atoms with van der Waals surface area (Å²) in [4.78, 5) is 1.35. The zero-order chi connectivity index (χ0) is 25.0. The van der Waals surface area contributed by atoms with Crippen molar-refractivity contribution in [3.8, 4) is 0 Å². The summed E-state index contributed by atoms with van der Waals surface area (Å²) >= 11 is 1.93. The third kappa shape index (κ3) is 5.11. The molecule has 3 heteroatoms. The lowest BCUT2D eigenvalue weighted by Gasteiger charge is -2.46. The Labute approximate surface area is 222 Å². The number of thioether (sulfide) groups is 1. The van der Waals surface area contributed by atoms with E-state index in [1.807, 2.05) is 11.8 Å². The van der Waals surface area contributed by atoms with Crippen LogP contribution in [0.4, 0.5) is 0 Å². The summed E-state index contributed by atoms with van der Waals surface area (Å²) in [6.07, 6.45) is 3.50. The molecule has 184 valence electrons. The van der Waals surface area contributed by atoms with Crippen LogP contribution in [-0.2, 0) is 16.6 Å². The first-order valence-electron chi connectivity index (χ1n) is 13.1. The van der Waals surface area contributed by atoms with Gasteiger partial charge in [-0.3, -0.25) is 0 Å². The van der Waals surface area contributed by atoms with Crippen LogP contribution >= 0.6 is 11.8 Å². The van der Waals surface area contributed by atoms with Crippen LogP contribution in [0.2, 0.25) is 5.04 Å². The second-order valence-corrected chi connectivity index (χ2v) is 16.1. The van der Waals surface area contributed by atoms with Gasteiger partial charge in [0.1, 0.15) is 0 Å². The highest BCUT2D eigenvalue weighted by atomic mass is 32.2. The molecule has 0 bridgehead atoms. The maximum absolute atomic E-state index is 7.54. The van der Waals surface area contributed by atoms with Crippen molar-refractivity contribution in [3.05, 3.63) is 126 Å². The van der Waals surface area contributed by atoms with Gasteiger partial charge >= 0.3 is 0 Å². The van der Waals surface area contributed by atoms with E-state index in [2.05, 4.69) is 130 Å². The SMILES string of the molecule is CC(C)(C)[Si](OC1CCCc2cc(SCc3ccccc3)ccc21)(c1ccccc1)c1ccccc1. The van der Waals surface area contributed by atoms with Crippen molar-refractivity contribution in [1.29, 1.82) is 0 Å². The Morgan fingerprint density at radius 2 is 1.36 bits per heavy atom. The molecular weight excluding hydrogens is 473 g/mol. The third-order valence-corrected chi connectivity index (χ3v) is 13.5. The standard InChI is InChI=1S/C33H36OSSi/c1-33(2,3)36(29-17-9-5-10-18-29,30-19-11-6-12-20-30)34-32-21-13-16-27-24-28(22-23-31(27)32)35-25-26-14-7-4-8-15-26/h4-12,14-15,17-20,22-24,32H,13,16,21,25H2,1-3H3. The van der Waals surface area contributed by atoms with Crippen molar-refractivity contribution in [2.75, 3.05) is 0 Å². The summed E-state index contributed by atoms with van der Waals surface area (Å²) in [5.41, 5.74) is 4.22. The fourth-order valence-corrected chi connectivity index (χ4v) is 11.2. The maximum Gasteiger partial charge on any atom is 0.261 e. The molecule has 1 aliphatic rings. The van der Waals surface area contributed by atoms with Gasteiger partial charge in [0.2, 0.25) is 0 Å². The Balaban J connectivity index is 1.50. The fourth-order valence-electron chi connectivity index (χ4n) is 5.60. The Bertz CT molecular complexity index is 1230. The van der Waals surface area contributed by atoms with E-state index in [9.17, 15) is 0 Å². The summed E-state index contributed by atoms with van der Waals surface area (Å²) < 4.78 is 7.54. The minimum Gasteiger partial charge on any atom is -0.400 e. The molecule has 5 rings (SSSR count). The van der Waals surface area contributed by atoms with Gasteiger partial charge in [-0.15, -0.1) is 11.8 Å². The number of hydrogen-bond donors (Lipinski definition) is 0. The van der Waals surface area contributed by atoms with Gasteiger partial charge in [0.15, 0.2) is 0 Å². The Morgan fingerprint density at radius 1 is 0.778 bits per heavy atom. The van der Waals surface area contributed by atoms with Gasteiger partial charge in [-0.1, -0.05) is 118 Å². The van der Waals surface area contributed by atoms with E-state index in [0.29, 0.717) is 0 Å². The van der Waals surface area contributed by atoms with Crippen molar-refractivity contribution < 1.29 is 4.43 Å². The lowest BCUT2D eigenvalue weighted by atomic mass is 9.90. The summed E-state index contributed by atoms with van der Waals surface area (Å²) in [5.74, 6) is 1.00. The van der Waals surface area contributed by atoms with Gasteiger partial charge in [0, 0.05) is 10.6 Å². The van der Waals surface area contributed by atoms with Crippen molar-refractivity contribution in [2.24, 2.45) is 0 Å². The predicted octanol–water partition coefficient (Wildman–Crippen LogP) is 7.93. The van der Waals surface area contributed by atoms with Crippen molar-refractivity contribution in [2.45, 2.75) is 61.8 Å². The molecule has 1 aliphatic carbocycles. The molecule has 36 heavy (non-hydrogen) atoms. The van der Waals surface area contributed by atoms with Crippen molar-refractivity contribution in [1.82, 2.24) is 0 Å². The number of fused-ring (bicyclic) bond motifs is 1. The zero-order valence-electron chi connectivity index (χ0n) is 21.6. The highest BCUT2D eigenvalue weighted by molar-refractivity contribution is 7.98. The van der Waals surface area contributed by atoms with E-state index in [-0.39, 0.29) is 11.1 Å². The molecule has 1 unspecified atom stereocenters.